The predicted molar refractivity (Wildman–Crippen MR) is 139 cm³/mol. The number of nitrogens with one attached hydrogen (secondary N) is 1. The second-order valence-electron chi connectivity index (χ2n) is 9.69. The molecule has 0 fully saturated rings. The summed E-state index contributed by atoms with van der Waals surface area (Å²) in [6.07, 6.45) is 0.572. The number of pyridine rings is 1. The maximum absolute atomic E-state index is 13.1. The number of hydrogen-bond acceptors (Lipinski definition) is 6. The van der Waals surface area contributed by atoms with Crippen molar-refractivity contribution in [2.45, 2.75) is 57.9 Å². The van der Waals surface area contributed by atoms with Crippen LogP contribution in [0.2, 0.25) is 5.15 Å². The minimum Gasteiger partial charge on any atom is -0.478 e. The molecule has 3 rings (SSSR count). The second-order valence-corrected chi connectivity index (χ2v) is 10.1. The van der Waals surface area contributed by atoms with Gasteiger partial charge in [-0.25, -0.2) is 9.78 Å². The number of ether oxygens (including phenoxy) is 1. The minimum atomic E-state index is -1.24. The van der Waals surface area contributed by atoms with Crippen molar-refractivity contribution in [1.82, 2.24) is 10.3 Å². The van der Waals surface area contributed by atoms with E-state index >= 15 is 0 Å². The number of aliphatic hydroxyl groups is 1. The smallest absolute Gasteiger partial charge is 0.335 e. The number of carboxylic acid groups (broad SMARTS) is 1. The topological polar surface area (TPSA) is 109 Å². The zero-order chi connectivity index (χ0) is 26.5. The van der Waals surface area contributed by atoms with E-state index in [4.69, 9.17) is 16.3 Å². The van der Waals surface area contributed by atoms with Gasteiger partial charge in [-0.3, -0.25) is 10.1 Å². The third-order valence-corrected chi connectivity index (χ3v) is 5.72. The maximum atomic E-state index is 13.1. The molecule has 1 unspecified atom stereocenters. The largest absolute Gasteiger partial charge is 0.478 e. The van der Waals surface area contributed by atoms with Crippen molar-refractivity contribution in [3.8, 4) is 11.1 Å². The summed E-state index contributed by atoms with van der Waals surface area (Å²) in [4.78, 5) is 28.7. The van der Waals surface area contributed by atoms with Crippen molar-refractivity contribution in [2.75, 3.05) is 0 Å². The Balaban J connectivity index is 1.91. The lowest BCUT2D eigenvalue weighted by atomic mass is 9.93. The Labute approximate surface area is 216 Å². The van der Waals surface area contributed by atoms with E-state index in [-0.39, 0.29) is 16.8 Å². The van der Waals surface area contributed by atoms with Crippen LogP contribution in [0.1, 0.15) is 55.3 Å². The molecule has 0 aliphatic carbocycles. The van der Waals surface area contributed by atoms with Crippen LogP contribution in [-0.2, 0) is 16.0 Å². The number of aromatic carboxylic acids is 1. The molecule has 0 spiro atoms. The summed E-state index contributed by atoms with van der Waals surface area (Å²) < 4.78 is 5.58. The average Bonchev–Trinajstić information content (AvgIpc) is 2.82. The summed E-state index contributed by atoms with van der Waals surface area (Å²) in [6.45, 7) is 7.13. The summed E-state index contributed by atoms with van der Waals surface area (Å²) in [5.74, 6) is -1.63. The molecule has 0 saturated heterocycles. The molecule has 0 aliphatic heterocycles. The highest BCUT2D eigenvalue weighted by molar-refractivity contribution is 6.29. The average molecular weight is 511 g/mol. The number of carboxylic acids is 1. The lowest BCUT2D eigenvalue weighted by Gasteiger charge is -2.30. The lowest BCUT2D eigenvalue weighted by molar-refractivity contribution is -0.161. The monoisotopic (exact) mass is 510 g/mol. The lowest BCUT2D eigenvalue weighted by Crippen LogP contribution is -2.49. The predicted octanol–water partition coefficient (Wildman–Crippen LogP) is 5.06. The second kappa shape index (κ2) is 11.6. The van der Waals surface area contributed by atoms with Crippen LogP contribution in [-0.4, -0.2) is 44.8 Å². The zero-order valence-electron chi connectivity index (χ0n) is 20.7. The molecule has 36 heavy (non-hydrogen) atoms. The van der Waals surface area contributed by atoms with Gasteiger partial charge in [0.1, 0.15) is 22.9 Å². The van der Waals surface area contributed by atoms with E-state index in [9.17, 15) is 19.8 Å². The van der Waals surface area contributed by atoms with Crippen molar-refractivity contribution in [3.63, 3.8) is 0 Å². The quantitative estimate of drug-likeness (QED) is 0.272. The van der Waals surface area contributed by atoms with Crippen molar-refractivity contribution < 1.29 is 24.5 Å². The van der Waals surface area contributed by atoms with E-state index in [0.717, 1.165) is 16.7 Å². The number of hydrogen-bond donors (Lipinski definition) is 3. The van der Waals surface area contributed by atoms with Crippen LogP contribution < -0.4 is 5.32 Å². The molecular formula is C28H31ClN2O5. The fourth-order valence-electron chi connectivity index (χ4n) is 3.90. The number of rotatable bonds is 9. The first-order valence-corrected chi connectivity index (χ1v) is 12.0. The van der Waals surface area contributed by atoms with Gasteiger partial charge in [-0.2, -0.15) is 0 Å². The highest BCUT2D eigenvalue weighted by Crippen LogP contribution is 2.27. The molecule has 1 heterocycles. The highest BCUT2D eigenvalue weighted by Gasteiger charge is 2.33. The number of esters is 1. The molecule has 190 valence electrons. The van der Waals surface area contributed by atoms with Gasteiger partial charge in [0.25, 0.3) is 0 Å². The Kier molecular flexibility index (Phi) is 8.84. The Morgan fingerprint density at radius 2 is 1.78 bits per heavy atom. The Bertz CT molecular complexity index is 1190. The van der Waals surface area contributed by atoms with E-state index in [1.165, 1.54) is 6.20 Å². The molecule has 0 aliphatic rings. The summed E-state index contributed by atoms with van der Waals surface area (Å²) in [6, 6.07) is 16.4. The van der Waals surface area contributed by atoms with Crippen LogP contribution >= 0.6 is 11.6 Å². The van der Waals surface area contributed by atoms with Gasteiger partial charge >= 0.3 is 11.9 Å². The van der Waals surface area contributed by atoms with Gasteiger partial charge < -0.3 is 14.9 Å². The number of carbonyl (C=O) groups is 2. The summed E-state index contributed by atoms with van der Waals surface area (Å²) >= 11 is 5.88. The number of aliphatic hydroxyl groups excluding tert-OH is 1. The molecule has 0 radical (unpaired) electrons. The molecule has 7 nitrogen and oxygen atoms in total. The first-order chi connectivity index (χ1) is 16.9. The Morgan fingerprint density at radius 3 is 2.36 bits per heavy atom. The number of aromatic nitrogens is 1. The fourth-order valence-corrected chi connectivity index (χ4v) is 4.01. The summed E-state index contributed by atoms with van der Waals surface area (Å²) in [5, 5.41) is 24.1. The molecule has 3 aromatic rings. The van der Waals surface area contributed by atoms with Crippen LogP contribution in [0.3, 0.4) is 0 Å². The number of nitrogens with zero attached hydrogens (tertiary/aromatic N) is 1. The van der Waals surface area contributed by atoms with E-state index in [1.807, 2.05) is 37.3 Å². The van der Waals surface area contributed by atoms with Crippen LogP contribution in [0.15, 0.2) is 66.9 Å². The molecule has 1 aromatic heterocycles. The van der Waals surface area contributed by atoms with Gasteiger partial charge in [-0.1, -0.05) is 54.1 Å². The number of halogens is 1. The molecule has 3 N–H and O–H groups in total. The fraction of sp³-hybridized carbons (Fsp3) is 0.321. The van der Waals surface area contributed by atoms with Crippen LogP contribution in [0.25, 0.3) is 11.1 Å². The van der Waals surface area contributed by atoms with Gasteiger partial charge in [-0.05, 0) is 69.0 Å². The molecule has 0 saturated carbocycles. The van der Waals surface area contributed by atoms with Crippen LogP contribution in [0, 0.1) is 0 Å². The van der Waals surface area contributed by atoms with Gasteiger partial charge in [0, 0.05) is 17.8 Å². The van der Waals surface area contributed by atoms with Gasteiger partial charge in [0.2, 0.25) is 0 Å². The van der Waals surface area contributed by atoms with Crippen molar-refractivity contribution >= 4 is 23.5 Å². The van der Waals surface area contributed by atoms with E-state index in [2.05, 4.69) is 10.3 Å². The van der Waals surface area contributed by atoms with Crippen LogP contribution in [0.4, 0.5) is 0 Å². The van der Waals surface area contributed by atoms with Crippen molar-refractivity contribution in [2.24, 2.45) is 0 Å². The third kappa shape index (κ3) is 7.37. The summed E-state index contributed by atoms with van der Waals surface area (Å²) in [7, 11) is 0. The standard InChI is InChI=1S/C28H31ClN2O5/c1-17(14-21-15-19(26(33)34)10-12-22(21)18-8-6-5-7-9-18)31-24(27(35)36-28(2,3)4)25(32)20-11-13-23(29)30-16-20/h5-13,15-17,24-25,31-32H,14H2,1-4H3,(H,33,34)/t17-,24?,25-/m1/s1. The molecule has 0 bridgehead atoms. The Morgan fingerprint density at radius 1 is 1.08 bits per heavy atom. The number of benzene rings is 2. The SMILES string of the molecule is C[C@H](Cc1cc(C(=O)O)ccc1-c1ccccc1)NC(C(=O)OC(C)(C)C)[C@H](O)c1ccc(Cl)nc1. The van der Waals surface area contributed by atoms with Gasteiger partial charge in [0.05, 0.1) is 5.56 Å². The first-order valence-electron chi connectivity index (χ1n) is 11.6. The highest BCUT2D eigenvalue weighted by atomic mass is 35.5. The molecular weight excluding hydrogens is 480 g/mol. The minimum absolute atomic E-state index is 0.174. The zero-order valence-corrected chi connectivity index (χ0v) is 21.5. The van der Waals surface area contributed by atoms with Crippen molar-refractivity contribution in [1.29, 1.82) is 0 Å². The first kappa shape index (κ1) is 27.3. The number of carbonyl (C=O) groups excluding carboxylic acids is 1. The normalized spacial score (nSPS) is 14.1. The maximum Gasteiger partial charge on any atom is 0.335 e. The molecule has 2 aromatic carbocycles. The third-order valence-electron chi connectivity index (χ3n) is 5.50. The van der Waals surface area contributed by atoms with Crippen LogP contribution in [0.5, 0.6) is 0 Å². The van der Waals surface area contributed by atoms with E-state index in [0.29, 0.717) is 12.0 Å². The van der Waals surface area contributed by atoms with Gasteiger partial charge in [-0.15, -0.1) is 0 Å². The molecule has 3 atom stereocenters. The molecule has 0 amide bonds. The van der Waals surface area contributed by atoms with Gasteiger partial charge in [0.15, 0.2) is 0 Å². The summed E-state index contributed by atoms with van der Waals surface area (Å²) in [5.41, 5.74) is 2.47. The Hall–Kier alpha value is -3.26. The van der Waals surface area contributed by atoms with E-state index < -0.39 is 29.7 Å². The van der Waals surface area contributed by atoms with Crippen molar-refractivity contribution in [3.05, 3.63) is 88.7 Å². The van der Waals surface area contributed by atoms with E-state index in [1.54, 1.807) is 51.1 Å². The molecule has 8 heteroatoms.